The minimum absolute atomic E-state index is 0.636. The van der Waals surface area contributed by atoms with Gasteiger partial charge in [-0.15, -0.1) is 0 Å². The van der Waals surface area contributed by atoms with Crippen LogP contribution in [0.25, 0.3) is 0 Å². The Morgan fingerprint density at radius 2 is 2.35 bits per heavy atom. The van der Waals surface area contributed by atoms with E-state index in [0.717, 1.165) is 18.9 Å². The summed E-state index contributed by atoms with van der Waals surface area (Å²) in [7, 11) is 6.19. The largest absolute Gasteiger partial charge is 0.373 e. The first kappa shape index (κ1) is 12.2. The van der Waals surface area contributed by atoms with Crippen LogP contribution < -0.4 is 10.2 Å². The fourth-order valence-electron chi connectivity index (χ4n) is 2.52. The second kappa shape index (κ2) is 5.36. The predicted octanol–water partition coefficient (Wildman–Crippen LogP) is 1.65. The number of hydrogen-bond donors (Lipinski definition) is 1. The van der Waals surface area contributed by atoms with Gasteiger partial charge in [-0.1, -0.05) is 0 Å². The molecular formula is C13H22N4. The van der Waals surface area contributed by atoms with Crippen molar-refractivity contribution in [2.75, 3.05) is 44.4 Å². The molecule has 0 radical (unpaired) electrons. The summed E-state index contributed by atoms with van der Waals surface area (Å²) in [5, 5.41) is 3.10. The zero-order chi connectivity index (χ0) is 12.3. The molecular weight excluding hydrogens is 212 g/mol. The van der Waals surface area contributed by atoms with Gasteiger partial charge in [0.2, 0.25) is 0 Å². The van der Waals surface area contributed by atoms with Gasteiger partial charge in [0.05, 0.1) is 0 Å². The van der Waals surface area contributed by atoms with Crippen molar-refractivity contribution in [2.24, 2.45) is 0 Å². The Hall–Kier alpha value is -1.29. The lowest BCUT2D eigenvalue weighted by Gasteiger charge is -2.29. The van der Waals surface area contributed by atoms with E-state index in [0.29, 0.717) is 6.04 Å². The van der Waals surface area contributed by atoms with Gasteiger partial charge >= 0.3 is 0 Å². The van der Waals surface area contributed by atoms with Crippen molar-refractivity contribution >= 4 is 11.5 Å². The van der Waals surface area contributed by atoms with Gasteiger partial charge in [-0.25, -0.2) is 4.98 Å². The molecule has 0 bridgehead atoms. The van der Waals surface area contributed by atoms with E-state index in [9.17, 15) is 0 Å². The van der Waals surface area contributed by atoms with Crippen molar-refractivity contribution < 1.29 is 0 Å². The standard InChI is InChI=1S/C13H22N4/c1-14-13-9-11(6-7-15-13)17-8-4-5-12(17)10-16(2)3/h6-7,9,12H,4-5,8,10H2,1-3H3,(H,14,15). The van der Waals surface area contributed by atoms with Gasteiger partial charge in [0, 0.05) is 44.1 Å². The van der Waals surface area contributed by atoms with Crippen LogP contribution in [0.4, 0.5) is 11.5 Å². The van der Waals surface area contributed by atoms with Crippen molar-refractivity contribution in [1.82, 2.24) is 9.88 Å². The first-order valence-corrected chi connectivity index (χ1v) is 6.26. The normalized spacial score (nSPS) is 20.0. The highest BCUT2D eigenvalue weighted by atomic mass is 15.2. The van der Waals surface area contributed by atoms with Crippen molar-refractivity contribution in [3.05, 3.63) is 18.3 Å². The molecule has 1 aliphatic heterocycles. The maximum atomic E-state index is 4.27. The molecule has 94 valence electrons. The highest BCUT2D eigenvalue weighted by molar-refractivity contribution is 5.55. The minimum Gasteiger partial charge on any atom is -0.373 e. The monoisotopic (exact) mass is 234 g/mol. The molecule has 17 heavy (non-hydrogen) atoms. The van der Waals surface area contributed by atoms with Gasteiger partial charge in [0.1, 0.15) is 5.82 Å². The van der Waals surface area contributed by atoms with Crippen molar-refractivity contribution in [2.45, 2.75) is 18.9 Å². The average Bonchev–Trinajstić information content (AvgIpc) is 2.76. The Labute approximate surface area is 104 Å². The van der Waals surface area contributed by atoms with Crippen molar-refractivity contribution in [3.63, 3.8) is 0 Å². The van der Waals surface area contributed by atoms with Crippen LogP contribution in [0.2, 0.25) is 0 Å². The number of anilines is 2. The lowest BCUT2D eigenvalue weighted by Crippen LogP contribution is -2.37. The summed E-state index contributed by atoms with van der Waals surface area (Å²) in [4.78, 5) is 9.04. The van der Waals surface area contributed by atoms with Gasteiger partial charge in [0.25, 0.3) is 0 Å². The van der Waals surface area contributed by atoms with Crippen molar-refractivity contribution in [1.29, 1.82) is 0 Å². The molecule has 0 amide bonds. The van der Waals surface area contributed by atoms with E-state index >= 15 is 0 Å². The van der Waals surface area contributed by atoms with Crippen LogP contribution in [0.5, 0.6) is 0 Å². The Morgan fingerprint density at radius 3 is 3.06 bits per heavy atom. The SMILES string of the molecule is CNc1cc(N2CCCC2CN(C)C)ccn1. The maximum absolute atomic E-state index is 4.27. The fraction of sp³-hybridized carbons (Fsp3) is 0.615. The number of nitrogens with zero attached hydrogens (tertiary/aromatic N) is 3. The van der Waals surface area contributed by atoms with Crippen molar-refractivity contribution in [3.8, 4) is 0 Å². The summed E-state index contributed by atoms with van der Waals surface area (Å²) in [6, 6.07) is 4.88. The summed E-state index contributed by atoms with van der Waals surface area (Å²) in [5.41, 5.74) is 1.29. The zero-order valence-electron chi connectivity index (χ0n) is 11.0. The second-order valence-corrected chi connectivity index (χ2v) is 4.90. The number of pyridine rings is 1. The van der Waals surface area contributed by atoms with Crippen LogP contribution in [-0.2, 0) is 0 Å². The molecule has 4 heteroatoms. The highest BCUT2D eigenvalue weighted by Crippen LogP contribution is 2.26. The third kappa shape index (κ3) is 2.88. The Morgan fingerprint density at radius 1 is 1.53 bits per heavy atom. The molecule has 1 unspecified atom stereocenters. The van der Waals surface area contributed by atoms with Crippen LogP contribution in [0, 0.1) is 0 Å². The molecule has 0 saturated carbocycles. The summed E-state index contributed by atoms with van der Waals surface area (Å²) in [6.45, 7) is 2.28. The molecule has 1 aromatic rings. The van der Waals surface area contributed by atoms with E-state index in [1.807, 2.05) is 13.2 Å². The molecule has 1 aromatic heterocycles. The Balaban J connectivity index is 2.14. The molecule has 1 atom stereocenters. The number of nitrogens with one attached hydrogen (secondary N) is 1. The maximum Gasteiger partial charge on any atom is 0.127 e. The van der Waals surface area contributed by atoms with Crippen LogP contribution in [-0.4, -0.2) is 50.2 Å². The lowest BCUT2D eigenvalue weighted by atomic mass is 10.2. The highest BCUT2D eigenvalue weighted by Gasteiger charge is 2.25. The molecule has 1 saturated heterocycles. The van der Waals surface area contributed by atoms with E-state index in [4.69, 9.17) is 0 Å². The van der Waals surface area contributed by atoms with Gasteiger partial charge < -0.3 is 15.1 Å². The topological polar surface area (TPSA) is 31.4 Å². The van der Waals surface area contributed by atoms with Gasteiger partial charge in [-0.2, -0.15) is 0 Å². The van der Waals surface area contributed by atoms with E-state index in [-0.39, 0.29) is 0 Å². The van der Waals surface area contributed by atoms with Crippen LogP contribution in [0.15, 0.2) is 18.3 Å². The summed E-state index contributed by atoms with van der Waals surface area (Å²) >= 11 is 0. The number of aromatic nitrogens is 1. The molecule has 2 heterocycles. The number of likely N-dealkylation sites (N-methyl/N-ethyl adjacent to an activating group) is 1. The summed E-state index contributed by atoms with van der Waals surface area (Å²) in [5.74, 6) is 0.943. The summed E-state index contributed by atoms with van der Waals surface area (Å²) < 4.78 is 0. The van der Waals surface area contributed by atoms with Crippen LogP contribution in [0.1, 0.15) is 12.8 Å². The van der Waals surface area contributed by atoms with Gasteiger partial charge in [-0.05, 0) is 33.0 Å². The first-order chi connectivity index (χ1) is 8.20. The van der Waals surface area contributed by atoms with Crippen LogP contribution >= 0.6 is 0 Å². The fourth-order valence-corrected chi connectivity index (χ4v) is 2.52. The summed E-state index contributed by atoms with van der Waals surface area (Å²) in [6.07, 6.45) is 4.46. The van der Waals surface area contributed by atoms with E-state index in [1.165, 1.54) is 18.5 Å². The van der Waals surface area contributed by atoms with E-state index < -0.39 is 0 Å². The molecule has 0 aliphatic carbocycles. The second-order valence-electron chi connectivity index (χ2n) is 4.90. The third-order valence-corrected chi connectivity index (χ3v) is 3.28. The van der Waals surface area contributed by atoms with E-state index in [2.05, 4.69) is 46.3 Å². The lowest BCUT2D eigenvalue weighted by molar-refractivity contribution is 0.372. The number of hydrogen-bond acceptors (Lipinski definition) is 4. The molecule has 1 N–H and O–H groups in total. The smallest absolute Gasteiger partial charge is 0.127 e. The molecule has 4 nitrogen and oxygen atoms in total. The van der Waals surface area contributed by atoms with E-state index in [1.54, 1.807) is 0 Å². The van der Waals surface area contributed by atoms with Gasteiger partial charge in [0.15, 0.2) is 0 Å². The Kier molecular flexibility index (Phi) is 3.84. The third-order valence-electron chi connectivity index (χ3n) is 3.28. The quantitative estimate of drug-likeness (QED) is 0.858. The molecule has 2 rings (SSSR count). The first-order valence-electron chi connectivity index (χ1n) is 6.26. The minimum atomic E-state index is 0.636. The average molecular weight is 234 g/mol. The Bertz CT molecular complexity index is 364. The van der Waals surface area contributed by atoms with Crippen LogP contribution in [0.3, 0.4) is 0 Å². The molecule has 1 aliphatic rings. The number of rotatable bonds is 4. The molecule has 1 fully saturated rings. The molecule has 0 aromatic carbocycles. The predicted molar refractivity (Wildman–Crippen MR) is 72.7 cm³/mol. The van der Waals surface area contributed by atoms with Gasteiger partial charge in [-0.3, -0.25) is 0 Å². The zero-order valence-corrected chi connectivity index (χ0v) is 11.0. The molecule has 0 spiro atoms.